The van der Waals surface area contributed by atoms with Crippen LogP contribution >= 0.6 is 24.0 Å². The molecule has 0 aliphatic carbocycles. The molecular weight excluding hydrogens is 371 g/mol. The van der Waals surface area contributed by atoms with Crippen LogP contribution in [0.2, 0.25) is 5.02 Å². The van der Waals surface area contributed by atoms with Crippen molar-refractivity contribution in [1.82, 2.24) is 20.0 Å². The third kappa shape index (κ3) is 4.05. The highest BCUT2D eigenvalue weighted by Gasteiger charge is 2.28. The Morgan fingerprint density at radius 2 is 2.15 bits per heavy atom. The van der Waals surface area contributed by atoms with Crippen molar-refractivity contribution in [3.8, 4) is 0 Å². The van der Waals surface area contributed by atoms with Gasteiger partial charge in [-0.15, -0.1) is 12.4 Å². The van der Waals surface area contributed by atoms with Crippen LogP contribution in [0.1, 0.15) is 35.7 Å². The number of aryl methyl sites for hydroxylation is 1. The van der Waals surface area contributed by atoms with E-state index in [1.165, 1.54) is 5.69 Å². The van der Waals surface area contributed by atoms with E-state index in [0.29, 0.717) is 18.8 Å². The highest BCUT2D eigenvalue weighted by Crippen LogP contribution is 2.32. The van der Waals surface area contributed by atoms with E-state index in [9.17, 15) is 4.79 Å². The van der Waals surface area contributed by atoms with Crippen LogP contribution in [-0.2, 0) is 24.3 Å². The predicted octanol–water partition coefficient (Wildman–Crippen LogP) is 3.01. The summed E-state index contributed by atoms with van der Waals surface area (Å²) in [4.78, 5) is 14.5. The molecule has 0 radical (unpaired) electrons. The Hall–Kier alpha value is -1.56. The van der Waals surface area contributed by atoms with Gasteiger partial charge in [-0.1, -0.05) is 29.8 Å². The van der Waals surface area contributed by atoms with Gasteiger partial charge in [0.25, 0.3) is 0 Å². The topological polar surface area (TPSA) is 50.2 Å². The average Bonchev–Trinajstić information content (AvgIpc) is 3.27. The lowest BCUT2D eigenvalue weighted by Crippen LogP contribution is -2.28. The van der Waals surface area contributed by atoms with Gasteiger partial charge in [-0.2, -0.15) is 5.10 Å². The molecule has 1 atom stereocenters. The lowest BCUT2D eigenvalue weighted by atomic mass is 9.98. The first-order chi connectivity index (χ1) is 12.2. The number of hydrogen-bond donors (Lipinski definition) is 1. The van der Waals surface area contributed by atoms with E-state index in [-0.39, 0.29) is 18.3 Å². The number of halogens is 2. The number of carbonyl (C=O) groups excluding carboxylic acids is 1. The zero-order valence-corrected chi connectivity index (χ0v) is 16.2. The maximum Gasteiger partial charge on any atom is 0.222 e. The molecule has 1 aromatic heterocycles. The van der Waals surface area contributed by atoms with Gasteiger partial charge >= 0.3 is 0 Å². The van der Waals surface area contributed by atoms with Crippen LogP contribution in [0.3, 0.4) is 0 Å². The minimum absolute atomic E-state index is 0. The monoisotopic (exact) mass is 394 g/mol. The molecule has 3 heterocycles. The molecule has 2 aromatic rings. The van der Waals surface area contributed by atoms with E-state index in [1.807, 2.05) is 23.1 Å². The summed E-state index contributed by atoms with van der Waals surface area (Å²) >= 11 is 6.30. The van der Waals surface area contributed by atoms with Gasteiger partial charge in [-0.3, -0.25) is 9.48 Å². The van der Waals surface area contributed by atoms with Gasteiger partial charge in [-0.25, -0.2) is 0 Å². The minimum atomic E-state index is 0. The third-order valence-electron chi connectivity index (χ3n) is 5.20. The number of amides is 1. The fourth-order valence-electron chi connectivity index (χ4n) is 3.81. The molecule has 1 fully saturated rings. The van der Waals surface area contributed by atoms with Crippen LogP contribution < -0.4 is 5.32 Å². The molecule has 4 rings (SSSR count). The van der Waals surface area contributed by atoms with Crippen LogP contribution in [0.5, 0.6) is 0 Å². The number of benzene rings is 1. The number of fused-ring (bicyclic) bond motifs is 1. The molecule has 1 aromatic carbocycles. The second-order valence-electron chi connectivity index (χ2n) is 6.87. The first-order valence-electron chi connectivity index (χ1n) is 8.99. The van der Waals surface area contributed by atoms with Crippen LogP contribution in [0.25, 0.3) is 0 Å². The molecule has 5 nitrogen and oxygen atoms in total. The van der Waals surface area contributed by atoms with Crippen molar-refractivity contribution >= 4 is 29.9 Å². The molecular formula is C19H24Cl2N4O. The summed E-state index contributed by atoms with van der Waals surface area (Å²) in [6.07, 6.45) is 2.23. The molecule has 1 amide bonds. The first kappa shape index (κ1) is 19.2. The molecule has 2 aliphatic rings. The van der Waals surface area contributed by atoms with Crippen molar-refractivity contribution < 1.29 is 4.79 Å². The van der Waals surface area contributed by atoms with Crippen molar-refractivity contribution in [1.29, 1.82) is 0 Å². The zero-order valence-electron chi connectivity index (χ0n) is 14.7. The number of nitrogens with one attached hydrogen (secondary N) is 1. The van der Waals surface area contributed by atoms with Gasteiger partial charge in [-0.05, 0) is 24.1 Å². The molecule has 1 saturated heterocycles. The summed E-state index contributed by atoms with van der Waals surface area (Å²) < 4.78 is 2.06. The van der Waals surface area contributed by atoms with Gasteiger partial charge in [0.15, 0.2) is 0 Å². The molecule has 2 aliphatic heterocycles. The Balaban J connectivity index is 0.00000196. The Labute approximate surface area is 165 Å². The van der Waals surface area contributed by atoms with E-state index in [2.05, 4.69) is 27.2 Å². The largest absolute Gasteiger partial charge is 0.342 e. The number of aromatic nitrogens is 2. The fraction of sp³-hybridized carbons (Fsp3) is 0.474. The standard InChI is InChI=1S/C19H23ClN4O.ClH/c20-18-4-2-1-3-17(18)14-7-9-23(13-14)19(25)6-5-15-11-16-12-21-8-10-24(16)22-15;/h1-4,11,14,21H,5-10,12-13H2;1H. The SMILES string of the molecule is Cl.O=C(CCc1cc2n(n1)CCNC2)N1CCC(c2ccccc2Cl)C1. The number of rotatable bonds is 4. The molecule has 1 N–H and O–H groups in total. The van der Waals surface area contributed by atoms with Gasteiger partial charge in [0.2, 0.25) is 5.91 Å². The molecule has 0 bridgehead atoms. The number of nitrogens with zero attached hydrogens (tertiary/aromatic N) is 3. The van der Waals surface area contributed by atoms with Gasteiger partial charge < -0.3 is 10.2 Å². The Kier molecular flexibility index (Phi) is 6.22. The maximum absolute atomic E-state index is 12.6. The van der Waals surface area contributed by atoms with Crippen molar-refractivity contribution in [3.63, 3.8) is 0 Å². The van der Waals surface area contributed by atoms with Crippen LogP contribution in [0.4, 0.5) is 0 Å². The molecule has 1 unspecified atom stereocenters. The summed E-state index contributed by atoms with van der Waals surface area (Å²) in [6.45, 7) is 4.33. The highest BCUT2D eigenvalue weighted by molar-refractivity contribution is 6.31. The summed E-state index contributed by atoms with van der Waals surface area (Å²) in [6, 6.07) is 10.1. The first-order valence-corrected chi connectivity index (χ1v) is 9.37. The Morgan fingerprint density at radius 3 is 2.96 bits per heavy atom. The molecule has 140 valence electrons. The second kappa shape index (κ2) is 8.42. The van der Waals surface area contributed by atoms with Gasteiger partial charge in [0, 0.05) is 50.0 Å². The summed E-state index contributed by atoms with van der Waals surface area (Å²) in [5, 5.41) is 8.76. The molecule has 7 heteroatoms. The Morgan fingerprint density at radius 1 is 1.31 bits per heavy atom. The van der Waals surface area contributed by atoms with Crippen molar-refractivity contribution in [3.05, 3.63) is 52.3 Å². The third-order valence-corrected chi connectivity index (χ3v) is 5.55. The Bertz CT molecular complexity index is 753. The van der Waals surface area contributed by atoms with Gasteiger partial charge in [0.05, 0.1) is 17.9 Å². The maximum atomic E-state index is 12.6. The molecule has 0 saturated carbocycles. The average molecular weight is 395 g/mol. The van der Waals surface area contributed by atoms with E-state index >= 15 is 0 Å². The number of likely N-dealkylation sites (tertiary alicyclic amines) is 1. The minimum Gasteiger partial charge on any atom is -0.342 e. The lowest BCUT2D eigenvalue weighted by Gasteiger charge is -2.17. The van der Waals surface area contributed by atoms with E-state index < -0.39 is 0 Å². The fourth-order valence-corrected chi connectivity index (χ4v) is 4.10. The second-order valence-corrected chi connectivity index (χ2v) is 7.28. The molecule has 0 spiro atoms. The number of carbonyl (C=O) groups is 1. The van der Waals surface area contributed by atoms with Crippen LogP contribution in [0, 0.1) is 0 Å². The smallest absolute Gasteiger partial charge is 0.222 e. The molecule has 26 heavy (non-hydrogen) atoms. The van der Waals surface area contributed by atoms with Gasteiger partial charge in [0.1, 0.15) is 0 Å². The number of hydrogen-bond acceptors (Lipinski definition) is 3. The lowest BCUT2D eigenvalue weighted by molar-refractivity contribution is -0.130. The van der Waals surface area contributed by atoms with E-state index in [1.54, 1.807) is 0 Å². The zero-order chi connectivity index (χ0) is 17.2. The van der Waals surface area contributed by atoms with Crippen molar-refractivity contribution in [2.45, 2.75) is 38.3 Å². The van der Waals surface area contributed by atoms with E-state index in [4.69, 9.17) is 11.6 Å². The highest BCUT2D eigenvalue weighted by atomic mass is 35.5. The van der Waals surface area contributed by atoms with Crippen LogP contribution in [-0.4, -0.2) is 40.2 Å². The predicted molar refractivity (Wildman–Crippen MR) is 105 cm³/mol. The van der Waals surface area contributed by atoms with E-state index in [0.717, 1.165) is 55.4 Å². The summed E-state index contributed by atoms with van der Waals surface area (Å²) in [5.74, 6) is 0.572. The summed E-state index contributed by atoms with van der Waals surface area (Å²) in [7, 11) is 0. The van der Waals surface area contributed by atoms with Crippen molar-refractivity contribution in [2.75, 3.05) is 19.6 Å². The summed E-state index contributed by atoms with van der Waals surface area (Å²) in [5.41, 5.74) is 3.40. The normalized spacial score (nSPS) is 19.1. The quantitative estimate of drug-likeness (QED) is 0.866. The van der Waals surface area contributed by atoms with Crippen LogP contribution in [0.15, 0.2) is 30.3 Å². The van der Waals surface area contributed by atoms with Crippen molar-refractivity contribution in [2.24, 2.45) is 0 Å².